The van der Waals surface area contributed by atoms with Crippen molar-refractivity contribution in [2.45, 2.75) is 18.6 Å². The van der Waals surface area contributed by atoms with Crippen molar-refractivity contribution in [1.82, 2.24) is 19.7 Å². The van der Waals surface area contributed by atoms with Crippen molar-refractivity contribution in [3.63, 3.8) is 0 Å². The van der Waals surface area contributed by atoms with Crippen LogP contribution in [0.5, 0.6) is 5.75 Å². The number of thioether (sulfide) groups is 1. The summed E-state index contributed by atoms with van der Waals surface area (Å²) in [5.74, 6) is 1.09. The number of para-hydroxylation sites is 2. The molecule has 0 radical (unpaired) electrons. The highest BCUT2D eigenvalue weighted by atomic mass is 32.2. The third-order valence-electron chi connectivity index (χ3n) is 4.24. The molecule has 1 heterocycles. The Labute approximate surface area is 163 Å². The van der Waals surface area contributed by atoms with Gasteiger partial charge in [0.25, 0.3) is 0 Å². The van der Waals surface area contributed by atoms with Crippen molar-refractivity contribution in [1.29, 1.82) is 0 Å². The summed E-state index contributed by atoms with van der Waals surface area (Å²) in [4.78, 5) is 14.3. The molecule has 3 rings (SSSR count). The number of carbonyl (C=O) groups is 1. The molecule has 0 aliphatic heterocycles. The van der Waals surface area contributed by atoms with Gasteiger partial charge in [0.1, 0.15) is 12.1 Å². The average molecular weight is 382 g/mol. The summed E-state index contributed by atoms with van der Waals surface area (Å²) >= 11 is 1.38. The largest absolute Gasteiger partial charge is 0.496 e. The first-order valence-corrected chi connectivity index (χ1v) is 9.53. The summed E-state index contributed by atoms with van der Waals surface area (Å²) < 4.78 is 7.27. The van der Waals surface area contributed by atoms with Gasteiger partial charge in [0.15, 0.2) is 5.16 Å². The maximum Gasteiger partial charge on any atom is 0.233 e. The maximum atomic E-state index is 12.6. The molecule has 1 aromatic heterocycles. The van der Waals surface area contributed by atoms with Crippen molar-refractivity contribution in [3.8, 4) is 11.4 Å². The third kappa shape index (κ3) is 4.49. The summed E-state index contributed by atoms with van der Waals surface area (Å²) in [5.41, 5.74) is 3.11. The molecule has 0 spiro atoms. The molecular weight excluding hydrogens is 360 g/mol. The number of aryl methyl sites for hydroxylation is 1. The van der Waals surface area contributed by atoms with Gasteiger partial charge in [-0.05, 0) is 24.6 Å². The summed E-state index contributed by atoms with van der Waals surface area (Å²) in [6.07, 6.45) is 1.67. The van der Waals surface area contributed by atoms with Gasteiger partial charge in [0, 0.05) is 19.2 Å². The molecule has 3 aromatic rings. The standard InChI is InChI=1S/C20H22N4O2S/c1-15-8-4-6-10-17(15)24-14-21-22-20(24)27-13-19(25)23(2)12-16-9-5-7-11-18(16)26-3/h4-11,14H,12-13H2,1-3H3. The van der Waals surface area contributed by atoms with Crippen molar-refractivity contribution >= 4 is 17.7 Å². The van der Waals surface area contributed by atoms with Gasteiger partial charge in [-0.25, -0.2) is 0 Å². The monoisotopic (exact) mass is 382 g/mol. The molecular formula is C20H22N4O2S. The van der Waals surface area contributed by atoms with Gasteiger partial charge in [-0.3, -0.25) is 9.36 Å². The van der Waals surface area contributed by atoms with E-state index in [1.165, 1.54) is 11.8 Å². The van der Waals surface area contributed by atoms with Gasteiger partial charge in [0.05, 0.1) is 18.6 Å². The van der Waals surface area contributed by atoms with Crippen LogP contribution in [0.3, 0.4) is 0 Å². The van der Waals surface area contributed by atoms with Crippen LogP contribution in [-0.2, 0) is 11.3 Å². The minimum absolute atomic E-state index is 0.0187. The van der Waals surface area contributed by atoms with Crippen LogP contribution in [-0.4, -0.2) is 45.5 Å². The van der Waals surface area contributed by atoms with Crippen molar-refractivity contribution in [2.75, 3.05) is 19.9 Å². The Morgan fingerprint density at radius 3 is 2.70 bits per heavy atom. The first-order valence-electron chi connectivity index (χ1n) is 8.55. The van der Waals surface area contributed by atoms with E-state index in [1.54, 1.807) is 25.4 Å². The number of hydrogen-bond donors (Lipinski definition) is 0. The fraction of sp³-hybridized carbons (Fsp3) is 0.250. The first-order chi connectivity index (χ1) is 13.1. The molecule has 140 valence electrons. The number of benzene rings is 2. The number of rotatable bonds is 7. The van der Waals surface area contributed by atoms with Crippen LogP contribution in [0.25, 0.3) is 5.69 Å². The number of hydrogen-bond acceptors (Lipinski definition) is 5. The number of carbonyl (C=O) groups excluding carboxylic acids is 1. The third-order valence-corrected chi connectivity index (χ3v) is 5.17. The van der Waals surface area contributed by atoms with Crippen LogP contribution in [0.15, 0.2) is 60.0 Å². The van der Waals surface area contributed by atoms with Crippen LogP contribution < -0.4 is 4.74 Å². The number of amides is 1. The molecule has 0 N–H and O–H groups in total. The minimum Gasteiger partial charge on any atom is -0.496 e. The predicted octanol–water partition coefficient (Wildman–Crippen LogP) is 3.34. The Morgan fingerprint density at radius 1 is 1.19 bits per heavy atom. The SMILES string of the molecule is COc1ccccc1CN(C)C(=O)CSc1nncn1-c1ccccc1C. The van der Waals surface area contributed by atoms with Crippen molar-refractivity contribution < 1.29 is 9.53 Å². The van der Waals surface area contributed by atoms with E-state index in [0.29, 0.717) is 11.7 Å². The van der Waals surface area contributed by atoms with Gasteiger partial charge in [-0.1, -0.05) is 48.2 Å². The van der Waals surface area contributed by atoms with Gasteiger partial charge in [-0.2, -0.15) is 0 Å². The Hall–Kier alpha value is -2.80. The van der Waals surface area contributed by atoms with Crippen LogP contribution in [0.1, 0.15) is 11.1 Å². The molecule has 7 heteroatoms. The van der Waals surface area contributed by atoms with Gasteiger partial charge in [0.2, 0.25) is 5.91 Å². The smallest absolute Gasteiger partial charge is 0.233 e. The molecule has 0 fully saturated rings. The molecule has 27 heavy (non-hydrogen) atoms. The van der Waals surface area contributed by atoms with E-state index in [0.717, 1.165) is 22.6 Å². The molecule has 1 amide bonds. The molecule has 0 bridgehead atoms. The summed E-state index contributed by atoms with van der Waals surface area (Å²) in [5, 5.41) is 8.86. The average Bonchev–Trinajstić information content (AvgIpc) is 3.15. The fourth-order valence-corrected chi connectivity index (χ4v) is 3.60. The second-order valence-electron chi connectivity index (χ2n) is 6.12. The molecule has 2 aromatic carbocycles. The van der Waals surface area contributed by atoms with E-state index in [2.05, 4.69) is 10.2 Å². The highest BCUT2D eigenvalue weighted by molar-refractivity contribution is 7.99. The normalized spacial score (nSPS) is 10.6. The van der Waals surface area contributed by atoms with Crippen molar-refractivity contribution in [2.24, 2.45) is 0 Å². The Balaban J connectivity index is 1.65. The lowest BCUT2D eigenvalue weighted by atomic mass is 10.2. The number of nitrogens with zero attached hydrogens (tertiary/aromatic N) is 4. The van der Waals surface area contributed by atoms with E-state index >= 15 is 0 Å². The molecule has 6 nitrogen and oxygen atoms in total. The Bertz CT molecular complexity index is 926. The summed E-state index contributed by atoms with van der Waals surface area (Å²) in [6, 6.07) is 15.7. The zero-order chi connectivity index (χ0) is 19.2. The summed E-state index contributed by atoms with van der Waals surface area (Å²) in [6.45, 7) is 2.53. The molecule has 0 aliphatic carbocycles. The van der Waals surface area contributed by atoms with Gasteiger partial charge < -0.3 is 9.64 Å². The van der Waals surface area contributed by atoms with E-state index in [-0.39, 0.29) is 11.7 Å². The van der Waals surface area contributed by atoms with E-state index in [9.17, 15) is 4.79 Å². The molecule has 0 saturated carbocycles. The van der Waals surface area contributed by atoms with Crippen molar-refractivity contribution in [3.05, 3.63) is 66.0 Å². The van der Waals surface area contributed by atoms with E-state index in [1.807, 2.05) is 60.0 Å². The lowest BCUT2D eigenvalue weighted by Gasteiger charge is -2.18. The van der Waals surface area contributed by atoms with Crippen LogP contribution >= 0.6 is 11.8 Å². The van der Waals surface area contributed by atoms with Crippen LogP contribution in [0, 0.1) is 6.92 Å². The molecule has 0 saturated heterocycles. The number of aromatic nitrogens is 3. The predicted molar refractivity (Wildman–Crippen MR) is 106 cm³/mol. The lowest BCUT2D eigenvalue weighted by molar-refractivity contribution is -0.127. The molecule has 0 unspecified atom stereocenters. The summed E-state index contributed by atoms with van der Waals surface area (Å²) in [7, 11) is 3.43. The topological polar surface area (TPSA) is 60.2 Å². The highest BCUT2D eigenvalue weighted by Crippen LogP contribution is 2.23. The lowest BCUT2D eigenvalue weighted by Crippen LogP contribution is -2.28. The maximum absolute atomic E-state index is 12.6. The Morgan fingerprint density at radius 2 is 1.93 bits per heavy atom. The van der Waals surface area contributed by atoms with Crippen LogP contribution in [0.2, 0.25) is 0 Å². The quantitative estimate of drug-likeness (QED) is 0.587. The number of methoxy groups -OCH3 is 1. The zero-order valence-electron chi connectivity index (χ0n) is 15.6. The highest BCUT2D eigenvalue weighted by Gasteiger charge is 2.15. The van der Waals surface area contributed by atoms with Crippen LogP contribution in [0.4, 0.5) is 0 Å². The fourth-order valence-electron chi connectivity index (χ4n) is 2.74. The Kier molecular flexibility index (Phi) is 6.13. The zero-order valence-corrected chi connectivity index (χ0v) is 16.4. The molecule has 0 atom stereocenters. The number of ether oxygens (including phenoxy) is 1. The minimum atomic E-state index is 0.0187. The van der Waals surface area contributed by atoms with Gasteiger partial charge in [-0.15, -0.1) is 10.2 Å². The van der Waals surface area contributed by atoms with Gasteiger partial charge >= 0.3 is 0 Å². The van der Waals surface area contributed by atoms with E-state index in [4.69, 9.17) is 4.74 Å². The van der Waals surface area contributed by atoms with E-state index < -0.39 is 0 Å². The molecule has 0 aliphatic rings. The second-order valence-corrected chi connectivity index (χ2v) is 7.06. The first kappa shape index (κ1) is 19.0. The second kappa shape index (κ2) is 8.73.